The standard InChI is InChI=1S/C29H30ClN3O5/c1-19(38-18-20-8-3-2-4-9-20)27(32-29(37)31-24-13-7-12-23(30)15-24)28(36)33-17-22-11-6-5-10-21(22)14-25(33)16-26(34)35/h2-13,15,19,25,27H,14,16-18H2,1H3,(H,34,35)(H2,31,32,37)/t19?,25-,27?/m1/s1. The molecule has 3 N–H and O–H groups in total. The summed E-state index contributed by atoms with van der Waals surface area (Å²) >= 11 is 6.03. The van der Waals surface area contributed by atoms with Crippen LogP contribution in [0.5, 0.6) is 0 Å². The van der Waals surface area contributed by atoms with Gasteiger partial charge in [-0.15, -0.1) is 0 Å². The number of ether oxygens (including phenoxy) is 1. The molecule has 0 saturated carbocycles. The SMILES string of the molecule is CC(OCc1ccccc1)C(NC(=O)Nc1cccc(Cl)c1)C(=O)N1Cc2ccccc2C[C@@H]1CC(=O)O. The third kappa shape index (κ3) is 7.12. The van der Waals surface area contributed by atoms with Crippen molar-refractivity contribution in [1.29, 1.82) is 0 Å². The van der Waals surface area contributed by atoms with Crippen molar-refractivity contribution >= 4 is 35.2 Å². The van der Waals surface area contributed by atoms with E-state index in [1.165, 1.54) is 0 Å². The molecule has 1 aliphatic rings. The average Bonchev–Trinajstić information content (AvgIpc) is 2.90. The minimum absolute atomic E-state index is 0.208. The molecule has 3 atom stereocenters. The average molecular weight is 536 g/mol. The summed E-state index contributed by atoms with van der Waals surface area (Å²) in [6.45, 7) is 2.20. The van der Waals surface area contributed by atoms with Gasteiger partial charge < -0.3 is 25.4 Å². The summed E-state index contributed by atoms with van der Waals surface area (Å²) in [5.41, 5.74) is 3.35. The maximum atomic E-state index is 14.0. The Bertz CT molecular complexity index is 1290. The third-order valence-corrected chi connectivity index (χ3v) is 6.74. The molecule has 2 unspecified atom stereocenters. The van der Waals surface area contributed by atoms with Crippen molar-refractivity contribution in [3.8, 4) is 0 Å². The van der Waals surface area contributed by atoms with E-state index >= 15 is 0 Å². The van der Waals surface area contributed by atoms with E-state index in [0.29, 0.717) is 17.1 Å². The second-order valence-corrected chi connectivity index (χ2v) is 9.72. The van der Waals surface area contributed by atoms with Crippen molar-refractivity contribution in [1.82, 2.24) is 10.2 Å². The lowest BCUT2D eigenvalue weighted by molar-refractivity contribution is -0.144. The fourth-order valence-electron chi connectivity index (χ4n) is 4.56. The van der Waals surface area contributed by atoms with E-state index in [1.807, 2.05) is 54.6 Å². The van der Waals surface area contributed by atoms with Gasteiger partial charge in [0.25, 0.3) is 0 Å². The number of rotatable bonds is 9. The molecule has 0 fully saturated rings. The number of urea groups is 1. The molecule has 3 aromatic carbocycles. The molecule has 8 nitrogen and oxygen atoms in total. The van der Waals surface area contributed by atoms with Gasteiger partial charge >= 0.3 is 12.0 Å². The molecule has 3 amide bonds. The predicted octanol–water partition coefficient (Wildman–Crippen LogP) is 4.86. The van der Waals surface area contributed by atoms with Crippen LogP contribution in [0.2, 0.25) is 5.02 Å². The van der Waals surface area contributed by atoms with Crippen molar-refractivity contribution in [3.63, 3.8) is 0 Å². The molecule has 0 aromatic heterocycles. The van der Waals surface area contributed by atoms with E-state index in [-0.39, 0.29) is 19.6 Å². The lowest BCUT2D eigenvalue weighted by Crippen LogP contribution is -2.58. The van der Waals surface area contributed by atoms with E-state index in [9.17, 15) is 19.5 Å². The van der Waals surface area contributed by atoms with Gasteiger partial charge in [0.2, 0.25) is 5.91 Å². The molecular weight excluding hydrogens is 506 g/mol. The number of hydrogen-bond acceptors (Lipinski definition) is 4. The van der Waals surface area contributed by atoms with Gasteiger partial charge in [-0.2, -0.15) is 0 Å². The number of carbonyl (C=O) groups excluding carboxylic acids is 2. The maximum Gasteiger partial charge on any atom is 0.319 e. The number of nitrogens with one attached hydrogen (secondary N) is 2. The summed E-state index contributed by atoms with van der Waals surface area (Å²) in [5.74, 6) is -1.41. The fraction of sp³-hybridized carbons (Fsp3) is 0.276. The summed E-state index contributed by atoms with van der Waals surface area (Å²) in [5, 5.41) is 15.5. The summed E-state index contributed by atoms with van der Waals surface area (Å²) in [7, 11) is 0. The zero-order chi connectivity index (χ0) is 27.1. The van der Waals surface area contributed by atoms with Gasteiger partial charge in [0, 0.05) is 23.3 Å². The Morgan fingerprint density at radius 1 is 1.03 bits per heavy atom. The minimum atomic E-state index is -1.07. The molecule has 0 spiro atoms. The van der Waals surface area contributed by atoms with Crippen LogP contribution in [0.4, 0.5) is 10.5 Å². The van der Waals surface area contributed by atoms with E-state index in [2.05, 4.69) is 10.6 Å². The van der Waals surface area contributed by atoms with Crippen molar-refractivity contribution in [2.24, 2.45) is 0 Å². The Hall–Kier alpha value is -3.88. The first-order valence-corrected chi connectivity index (χ1v) is 12.8. The van der Waals surface area contributed by atoms with Crippen LogP contribution in [0.3, 0.4) is 0 Å². The zero-order valence-corrected chi connectivity index (χ0v) is 21.7. The largest absolute Gasteiger partial charge is 0.481 e. The normalized spacial score (nSPS) is 16.2. The van der Waals surface area contributed by atoms with Crippen molar-refractivity contribution in [2.45, 2.75) is 51.1 Å². The van der Waals surface area contributed by atoms with E-state index < -0.39 is 36.1 Å². The number of fused-ring (bicyclic) bond motifs is 1. The van der Waals surface area contributed by atoms with Gasteiger partial charge in [-0.25, -0.2) is 4.79 Å². The number of amides is 3. The molecule has 1 aliphatic heterocycles. The lowest BCUT2D eigenvalue weighted by atomic mass is 9.91. The first kappa shape index (κ1) is 27.2. The number of halogens is 1. The fourth-order valence-corrected chi connectivity index (χ4v) is 4.75. The van der Waals surface area contributed by atoms with Gasteiger partial charge in [0.05, 0.1) is 19.1 Å². The smallest absolute Gasteiger partial charge is 0.319 e. The molecule has 0 aliphatic carbocycles. The van der Waals surface area contributed by atoms with E-state index in [0.717, 1.165) is 16.7 Å². The molecule has 3 aromatic rings. The molecular formula is C29H30ClN3O5. The first-order valence-electron chi connectivity index (χ1n) is 12.4. The molecule has 38 heavy (non-hydrogen) atoms. The van der Waals surface area contributed by atoms with Crippen LogP contribution in [-0.2, 0) is 33.9 Å². The molecule has 1 heterocycles. The number of carboxylic acids is 1. The van der Waals surface area contributed by atoms with Gasteiger partial charge in [0.1, 0.15) is 6.04 Å². The number of anilines is 1. The number of aliphatic carboxylic acids is 1. The van der Waals surface area contributed by atoms with Crippen LogP contribution >= 0.6 is 11.6 Å². The first-order chi connectivity index (χ1) is 18.3. The third-order valence-electron chi connectivity index (χ3n) is 6.51. The van der Waals surface area contributed by atoms with Crippen LogP contribution < -0.4 is 10.6 Å². The molecule has 4 rings (SSSR count). The molecule has 0 bridgehead atoms. The number of hydrogen-bond donors (Lipinski definition) is 3. The summed E-state index contributed by atoms with van der Waals surface area (Å²) in [6.07, 6.45) is -0.509. The van der Waals surface area contributed by atoms with Gasteiger partial charge in [-0.3, -0.25) is 9.59 Å². The van der Waals surface area contributed by atoms with Crippen LogP contribution in [0, 0.1) is 0 Å². The quantitative estimate of drug-likeness (QED) is 0.362. The Morgan fingerprint density at radius 2 is 1.74 bits per heavy atom. The Kier molecular flexibility index (Phi) is 8.99. The number of carboxylic acid groups (broad SMARTS) is 1. The minimum Gasteiger partial charge on any atom is -0.481 e. The Morgan fingerprint density at radius 3 is 2.45 bits per heavy atom. The van der Waals surface area contributed by atoms with Crippen molar-refractivity contribution in [3.05, 3.63) is 101 Å². The van der Waals surface area contributed by atoms with Crippen molar-refractivity contribution < 1.29 is 24.2 Å². The number of benzene rings is 3. The van der Waals surface area contributed by atoms with E-state index in [1.54, 1.807) is 36.1 Å². The second kappa shape index (κ2) is 12.6. The highest BCUT2D eigenvalue weighted by Gasteiger charge is 2.38. The molecule has 0 saturated heterocycles. The Balaban J connectivity index is 1.57. The molecule has 198 valence electrons. The summed E-state index contributed by atoms with van der Waals surface area (Å²) in [4.78, 5) is 40.2. The van der Waals surface area contributed by atoms with Crippen LogP contribution in [0.25, 0.3) is 0 Å². The molecule has 0 radical (unpaired) electrons. The van der Waals surface area contributed by atoms with Crippen molar-refractivity contribution in [2.75, 3.05) is 5.32 Å². The lowest BCUT2D eigenvalue weighted by Gasteiger charge is -2.39. The topological polar surface area (TPSA) is 108 Å². The molecule has 9 heteroatoms. The highest BCUT2D eigenvalue weighted by atomic mass is 35.5. The highest BCUT2D eigenvalue weighted by molar-refractivity contribution is 6.30. The van der Waals surface area contributed by atoms with Gasteiger partial charge in [0.15, 0.2) is 0 Å². The zero-order valence-electron chi connectivity index (χ0n) is 21.0. The Labute approximate surface area is 226 Å². The number of nitrogens with zero attached hydrogens (tertiary/aromatic N) is 1. The van der Waals surface area contributed by atoms with Gasteiger partial charge in [-0.05, 0) is 48.2 Å². The summed E-state index contributed by atoms with van der Waals surface area (Å²) in [6, 6.07) is 21.6. The van der Waals surface area contributed by atoms with Gasteiger partial charge in [-0.1, -0.05) is 72.3 Å². The monoisotopic (exact) mass is 535 g/mol. The summed E-state index contributed by atoms with van der Waals surface area (Å²) < 4.78 is 6.03. The predicted molar refractivity (Wildman–Crippen MR) is 145 cm³/mol. The maximum absolute atomic E-state index is 14.0. The van der Waals surface area contributed by atoms with Crippen LogP contribution in [0.15, 0.2) is 78.9 Å². The van der Waals surface area contributed by atoms with E-state index in [4.69, 9.17) is 16.3 Å². The van der Waals surface area contributed by atoms with Crippen LogP contribution in [0.1, 0.15) is 30.0 Å². The van der Waals surface area contributed by atoms with Crippen LogP contribution in [-0.4, -0.2) is 46.1 Å². The highest BCUT2D eigenvalue weighted by Crippen LogP contribution is 2.26. The number of carbonyl (C=O) groups is 3. The second-order valence-electron chi connectivity index (χ2n) is 9.28.